The minimum atomic E-state index is -0.480. The normalized spacial score (nSPS) is 10.9. The minimum Gasteiger partial charge on any atom is -0.465 e. The van der Waals surface area contributed by atoms with E-state index in [1.54, 1.807) is 24.4 Å². The number of rotatable bonds is 6. The maximum atomic E-state index is 12.0. The number of aryl methyl sites for hydroxylation is 1. The van der Waals surface area contributed by atoms with Crippen LogP contribution in [0.25, 0.3) is 5.69 Å². The molecule has 0 fully saturated rings. The van der Waals surface area contributed by atoms with Gasteiger partial charge in [-0.25, -0.2) is 10.2 Å². The summed E-state index contributed by atoms with van der Waals surface area (Å²) in [6.45, 7) is 3.91. The van der Waals surface area contributed by atoms with Crippen LogP contribution in [0.4, 0.5) is 0 Å². The standard InChI is InChI=1S/C23H22ClN3O3/c1-15-11-18(14-25-26-22(28)12-17-7-5-4-6-8-17)16(2)27(15)19-9-10-20(21(24)13-19)23(29)30-3/h4-11,13-14H,12H2,1-3H3,(H,26,28)/b25-14+. The molecule has 3 rings (SSSR count). The number of aromatic nitrogens is 1. The van der Waals surface area contributed by atoms with Gasteiger partial charge < -0.3 is 9.30 Å². The number of hydrogen-bond acceptors (Lipinski definition) is 4. The van der Waals surface area contributed by atoms with Crippen LogP contribution in [0, 0.1) is 13.8 Å². The Kier molecular flexibility index (Phi) is 6.69. The third-order valence-corrected chi connectivity index (χ3v) is 5.00. The van der Waals surface area contributed by atoms with Crippen molar-refractivity contribution < 1.29 is 14.3 Å². The number of hydrazone groups is 1. The molecule has 0 unspecified atom stereocenters. The van der Waals surface area contributed by atoms with Gasteiger partial charge >= 0.3 is 5.97 Å². The number of amides is 1. The summed E-state index contributed by atoms with van der Waals surface area (Å²) >= 11 is 6.26. The van der Waals surface area contributed by atoms with Gasteiger partial charge in [0, 0.05) is 22.6 Å². The molecular weight excluding hydrogens is 402 g/mol. The lowest BCUT2D eigenvalue weighted by Gasteiger charge is -2.11. The Bertz CT molecular complexity index is 1100. The molecule has 154 valence electrons. The number of carbonyl (C=O) groups is 2. The van der Waals surface area contributed by atoms with Gasteiger partial charge in [-0.15, -0.1) is 0 Å². The number of halogens is 1. The molecule has 0 spiro atoms. The lowest BCUT2D eigenvalue weighted by molar-refractivity contribution is -0.120. The summed E-state index contributed by atoms with van der Waals surface area (Å²) < 4.78 is 6.73. The van der Waals surface area contributed by atoms with Gasteiger partial charge in [-0.05, 0) is 43.7 Å². The first kappa shape index (κ1) is 21.3. The molecule has 0 aliphatic rings. The maximum absolute atomic E-state index is 12.0. The van der Waals surface area contributed by atoms with E-state index in [0.717, 1.165) is 28.2 Å². The van der Waals surface area contributed by atoms with Gasteiger partial charge in [-0.3, -0.25) is 4.79 Å². The Hall–Kier alpha value is -3.38. The van der Waals surface area contributed by atoms with Crippen LogP contribution in [-0.4, -0.2) is 29.8 Å². The fourth-order valence-corrected chi connectivity index (χ4v) is 3.48. The highest BCUT2D eigenvalue weighted by molar-refractivity contribution is 6.33. The second kappa shape index (κ2) is 9.41. The highest BCUT2D eigenvalue weighted by atomic mass is 35.5. The number of nitrogens with zero attached hydrogens (tertiary/aromatic N) is 2. The van der Waals surface area contributed by atoms with Crippen LogP contribution < -0.4 is 5.43 Å². The van der Waals surface area contributed by atoms with Crippen molar-refractivity contribution in [3.05, 3.63) is 87.7 Å². The van der Waals surface area contributed by atoms with Gasteiger partial charge in [0.2, 0.25) is 5.91 Å². The first-order valence-corrected chi connectivity index (χ1v) is 9.71. The van der Waals surface area contributed by atoms with E-state index in [0.29, 0.717) is 10.6 Å². The summed E-state index contributed by atoms with van der Waals surface area (Å²) in [5.74, 6) is -0.664. The SMILES string of the molecule is COC(=O)c1ccc(-n2c(C)cc(/C=N/NC(=O)Cc3ccccc3)c2C)cc1Cl. The van der Waals surface area contributed by atoms with Crippen molar-refractivity contribution in [1.82, 2.24) is 9.99 Å². The first-order valence-electron chi connectivity index (χ1n) is 9.33. The van der Waals surface area contributed by atoms with E-state index in [4.69, 9.17) is 16.3 Å². The van der Waals surface area contributed by atoms with Gasteiger partial charge in [0.05, 0.1) is 30.3 Å². The lowest BCUT2D eigenvalue weighted by Crippen LogP contribution is -2.19. The highest BCUT2D eigenvalue weighted by Gasteiger charge is 2.14. The lowest BCUT2D eigenvalue weighted by atomic mass is 10.1. The molecule has 0 radical (unpaired) electrons. The third kappa shape index (κ3) is 4.78. The van der Waals surface area contributed by atoms with Crippen LogP contribution in [0.15, 0.2) is 59.7 Å². The first-order chi connectivity index (χ1) is 14.4. The average Bonchev–Trinajstić information content (AvgIpc) is 3.01. The maximum Gasteiger partial charge on any atom is 0.339 e. The molecule has 0 atom stereocenters. The molecule has 0 saturated heterocycles. The predicted molar refractivity (Wildman–Crippen MR) is 117 cm³/mol. The highest BCUT2D eigenvalue weighted by Crippen LogP contribution is 2.25. The quantitative estimate of drug-likeness (QED) is 0.366. The summed E-state index contributed by atoms with van der Waals surface area (Å²) in [5.41, 5.74) is 7.37. The number of ether oxygens (including phenoxy) is 1. The molecule has 0 saturated carbocycles. The van der Waals surface area contributed by atoms with Crippen molar-refractivity contribution in [2.45, 2.75) is 20.3 Å². The van der Waals surface area contributed by atoms with Crippen molar-refractivity contribution in [3.8, 4) is 5.69 Å². The molecule has 1 aromatic heterocycles. The Morgan fingerprint density at radius 1 is 1.13 bits per heavy atom. The number of esters is 1. The van der Waals surface area contributed by atoms with Crippen LogP contribution in [0.5, 0.6) is 0 Å². The summed E-state index contributed by atoms with van der Waals surface area (Å²) in [7, 11) is 1.32. The Labute approximate surface area is 180 Å². The van der Waals surface area contributed by atoms with E-state index in [1.807, 2.05) is 54.8 Å². The van der Waals surface area contributed by atoms with Crippen LogP contribution in [-0.2, 0) is 16.0 Å². The second-order valence-electron chi connectivity index (χ2n) is 6.77. The molecular formula is C23H22ClN3O3. The van der Waals surface area contributed by atoms with Crippen LogP contribution in [0.1, 0.15) is 32.9 Å². The van der Waals surface area contributed by atoms with E-state index in [-0.39, 0.29) is 12.3 Å². The van der Waals surface area contributed by atoms with Crippen molar-refractivity contribution >= 4 is 29.7 Å². The molecule has 6 nitrogen and oxygen atoms in total. The summed E-state index contributed by atoms with van der Waals surface area (Å²) in [6, 6.07) is 16.6. The molecule has 7 heteroatoms. The predicted octanol–water partition coefficient (Wildman–Crippen LogP) is 4.23. The molecule has 3 aromatic rings. The fraction of sp³-hybridized carbons (Fsp3) is 0.174. The van der Waals surface area contributed by atoms with E-state index in [2.05, 4.69) is 10.5 Å². The van der Waals surface area contributed by atoms with Crippen LogP contribution in [0.3, 0.4) is 0 Å². The molecule has 2 aromatic carbocycles. The number of hydrogen-bond donors (Lipinski definition) is 1. The molecule has 1 N–H and O–H groups in total. The zero-order valence-corrected chi connectivity index (χ0v) is 17.7. The summed E-state index contributed by atoms with van der Waals surface area (Å²) in [4.78, 5) is 23.8. The van der Waals surface area contributed by atoms with E-state index >= 15 is 0 Å². The number of nitrogens with one attached hydrogen (secondary N) is 1. The van der Waals surface area contributed by atoms with E-state index in [9.17, 15) is 9.59 Å². The van der Waals surface area contributed by atoms with Crippen molar-refractivity contribution in [3.63, 3.8) is 0 Å². The van der Waals surface area contributed by atoms with Gasteiger partial charge in [0.15, 0.2) is 0 Å². The van der Waals surface area contributed by atoms with Gasteiger partial charge in [0.1, 0.15) is 0 Å². The van der Waals surface area contributed by atoms with E-state index < -0.39 is 5.97 Å². The monoisotopic (exact) mass is 423 g/mol. The second-order valence-corrected chi connectivity index (χ2v) is 7.18. The number of carbonyl (C=O) groups excluding carboxylic acids is 2. The molecule has 1 heterocycles. The molecule has 0 bridgehead atoms. The van der Waals surface area contributed by atoms with Gasteiger partial charge in [-0.2, -0.15) is 5.10 Å². The number of benzene rings is 2. The summed E-state index contributed by atoms with van der Waals surface area (Å²) in [6.07, 6.45) is 1.88. The zero-order chi connectivity index (χ0) is 21.7. The molecule has 0 aliphatic carbocycles. The fourth-order valence-electron chi connectivity index (χ4n) is 3.23. The Balaban J connectivity index is 1.75. The largest absolute Gasteiger partial charge is 0.465 e. The number of methoxy groups -OCH3 is 1. The van der Waals surface area contributed by atoms with Gasteiger partial charge in [-0.1, -0.05) is 41.9 Å². The summed E-state index contributed by atoms with van der Waals surface area (Å²) in [5, 5.41) is 4.40. The minimum absolute atomic E-state index is 0.184. The van der Waals surface area contributed by atoms with Gasteiger partial charge in [0.25, 0.3) is 0 Å². The van der Waals surface area contributed by atoms with Crippen molar-refractivity contribution in [2.75, 3.05) is 7.11 Å². The topological polar surface area (TPSA) is 72.7 Å². The van der Waals surface area contributed by atoms with E-state index in [1.165, 1.54) is 7.11 Å². The van der Waals surface area contributed by atoms with Crippen LogP contribution in [0.2, 0.25) is 5.02 Å². The zero-order valence-electron chi connectivity index (χ0n) is 17.0. The van der Waals surface area contributed by atoms with Crippen LogP contribution >= 0.6 is 11.6 Å². The Morgan fingerprint density at radius 2 is 1.87 bits per heavy atom. The van der Waals surface area contributed by atoms with Crippen molar-refractivity contribution in [2.24, 2.45) is 5.10 Å². The van der Waals surface area contributed by atoms with Crippen molar-refractivity contribution in [1.29, 1.82) is 0 Å². The molecule has 1 amide bonds. The molecule has 0 aliphatic heterocycles. The Morgan fingerprint density at radius 3 is 2.53 bits per heavy atom. The molecule has 30 heavy (non-hydrogen) atoms. The third-order valence-electron chi connectivity index (χ3n) is 4.69. The smallest absolute Gasteiger partial charge is 0.339 e. The average molecular weight is 424 g/mol.